The highest BCUT2D eigenvalue weighted by Gasteiger charge is 2.12. The van der Waals surface area contributed by atoms with Crippen LogP contribution < -0.4 is 0 Å². The maximum absolute atomic E-state index is 9.87. The Morgan fingerprint density at radius 2 is 1.05 bits per heavy atom. The molecule has 0 spiro atoms. The lowest BCUT2D eigenvalue weighted by molar-refractivity contribution is 0.480. The fraction of sp³-hybridized carbons (Fsp3) is 0. The number of aromatic hydroxyl groups is 2. The van der Waals surface area contributed by atoms with E-state index < -0.39 is 0 Å². The Kier molecular flexibility index (Phi) is 2.09. The Bertz CT molecular complexity index is 856. The second kappa shape index (κ2) is 3.81. The maximum atomic E-state index is 9.87. The molecular weight excluding hydrogens is 252 g/mol. The van der Waals surface area contributed by atoms with Crippen LogP contribution in [0.2, 0.25) is 0 Å². The van der Waals surface area contributed by atoms with E-state index >= 15 is 0 Å². The predicted molar refractivity (Wildman–Crippen MR) is 78.9 cm³/mol. The Morgan fingerprint density at radius 3 is 1.50 bits per heavy atom. The summed E-state index contributed by atoms with van der Waals surface area (Å²) in [6, 6.07) is 11.0. The lowest BCUT2D eigenvalue weighted by Crippen LogP contribution is -1.82. The van der Waals surface area contributed by atoms with Crippen LogP contribution in [0.3, 0.4) is 0 Å². The van der Waals surface area contributed by atoms with E-state index in [1.165, 1.54) is 0 Å². The highest BCUT2D eigenvalue weighted by molar-refractivity contribution is 6.06. The van der Waals surface area contributed by atoms with E-state index in [1.54, 1.807) is 12.1 Å². The summed E-state index contributed by atoms with van der Waals surface area (Å²) in [7, 11) is 0. The van der Waals surface area contributed by atoms with Crippen LogP contribution in [0.25, 0.3) is 32.9 Å². The van der Waals surface area contributed by atoms with Crippen molar-refractivity contribution in [3.8, 4) is 22.6 Å². The second-order valence-corrected chi connectivity index (χ2v) is 4.80. The summed E-state index contributed by atoms with van der Waals surface area (Å²) in [5, 5.41) is 21.7. The average molecular weight is 264 g/mol. The smallest absolute Gasteiger partial charge is 0.139 e. The molecule has 4 heteroatoms. The molecular formula is C16H12N2O2. The number of hydrogen-bond acceptors (Lipinski definition) is 2. The Morgan fingerprint density at radius 1 is 0.600 bits per heavy atom. The summed E-state index contributed by atoms with van der Waals surface area (Å²) >= 11 is 0. The van der Waals surface area contributed by atoms with Crippen molar-refractivity contribution in [1.29, 1.82) is 0 Å². The third kappa shape index (κ3) is 1.36. The molecule has 0 saturated carbocycles. The molecule has 0 amide bonds. The normalized spacial score (nSPS) is 11.4. The zero-order chi connectivity index (χ0) is 13.7. The number of H-pyrrole nitrogens is 2. The van der Waals surface area contributed by atoms with E-state index in [0.29, 0.717) is 0 Å². The molecule has 0 bridgehead atoms. The zero-order valence-electron chi connectivity index (χ0n) is 10.5. The second-order valence-electron chi connectivity index (χ2n) is 4.80. The molecule has 4 rings (SSSR count). The zero-order valence-corrected chi connectivity index (χ0v) is 10.5. The molecule has 0 radical (unpaired) electrons. The molecule has 2 aromatic carbocycles. The van der Waals surface area contributed by atoms with Gasteiger partial charge in [-0.05, 0) is 47.5 Å². The number of hydrogen-bond donors (Lipinski definition) is 4. The van der Waals surface area contributed by atoms with Gasteiger partial charge in [0.2, 0.25) is 0 Å². The number of rotatable bonds is 1. The minimum absolute atomic E-state index is 0.234. The van der Waals surface area contributed by atoms with Crippen LogP contribution in [0.4, 0.5) is 0 Å². The SMILES string of the molecule is Oc1ccc(-c2ccc(O)c3[nH]ccc23)c2cc[nH]c12. The molecule has 0 aliphatic heterocycles. The van der Waals surface area contributed by atoms with Crippen LogP contribution in [-0.2, 0) is 0 Å². The molecule has 0 aliphatic rings. The molecule has 2 heterocycles. The van der Waals surface area contributed by atoms with Crippen molar-refractivity contribution in [2.75, 3.05) is 0 Å². The Hall–Kier alpha value is -2.88. The van der Waals surface area contributed by atoms with Gasteiger partial charge >= 0.3 is 0 Å². The summed E-state index contributed by atoms with van der Waals surface area (Å²) in [5.74, 6) is 0.468. The molecule has 98 valence electrons. The van der Waals surface area contributed by atoms with Gasteiger partial charge in [0, 0.05) is 23.2 Å². The lowest BCUT2D eigenvalue weighted by Gasteiger charge is -2.08. The van der Waals surface area contributed by atoms with Gasteiger partial charge in [-0.1, -0.05) is 0 Å². The largest absolute Gasteiger partial charge is 0.506 e. The van der Waals surface area contributed by atoms with E-state index in [9.17, 15) is 10.2 Å². The average Bonchev–Trinajstić information content (AvgIpc) is 3.09. The van der Waals surface area contributed by atoms with Crippen molar-refractivity contribution in [2.45, 2.75) is 0 Å². The van der Waals surface area contributed by atoms with Crippen molar-refractivity contribution in [2.24, 2.45) is 0 Å². The van der Waals surface area contributed by atoms with Crippen LogP contribution in [0.5, 0.6) is 11.5 Å². The molecule has 2 aromatic heterocycles. The molecule has 0 unspecified atom stereocenters. The van der Waals surface area contributed by atoms with Crippen LogP contribution in [0.1, 0.15) is 0 Å². The van der Waals surface area contributed by atoms with Crippen LogP contribution in [-0.4, -0.2) is 20.2 Å². The lowest BCUT2D eigenvalue weighted by atomic mass is 9.98. The highest BCUT2D eigenvalue weighted by atomic mass is 16.3. The van der Waals surface area contributed by atoms with Gasteiger partial charge in [-0.15, -0.1) is 0 Å². The van der Waals surface area contributed by atoms with Gasteiger partial charge < -0.3 is 20.2 Å². The summed E-state index contributed by atoms with van der Waals surface area (Å²) in [5.41, 5.74) is 3.48. The standard InChI is InChI=1S/C16H12N2O2/c19-13-3-1-9(11-5-7-17-15(11)13)10-2-4-14(20)16-12(10)6-8-18-16/h1-8,17-20H. The molecule has 0 saturated heterocycles. The van der Waals surface area contributed by atoms with E-state index in [0.717, 1.165) is 32.9 Å². The van der Waals surface area contributed by atoms with Gasteiger partial charge in [0.25, 0.3) is 0 Å². The molecule has 20 heavy (non-hydrogen) atoms. The summed E-state index contributed by atoms with van der Waals surface area (Å²) in [6.07, 6.45) is 3.62. The first kappa shape index (κ1) is 11.0. The summed E-state index contributed by atoms with van der Waals surface area (Å²) in [6.45, 7) is 0. The Balaban J connectivity index is 2.12. The number of phenolic OH excluding ortho intramolecular Hbond substituents is 2. The summed E-state index contributed by atoms with van der Waals surface area (Å²) < 4.78 is 0. The first-order valence-electron chi connectivity index (χ1n) is 6.34. The van der Waals surface area contributed by atoms with Crippen molar-refractivity contribution in [3.05, 3.63) is 48.8 Å². The van der Waals surface area contributed by atoms with Crippen LogP contribution in [0, 0.1) is 0 Å². The highest BCUT2D eigenvalue weighted by Crippen LogP contribution is 2.38. The van der Waals surface area contributed by atoms with E-state index in [-0.39, 0.29) is 11.5 Å². The minimum Gasteiger partial charge on any atom is -0.506 e. The van der Waals surface area contributed by atoms with Gasteiger partial charge in [0.15, 0.2) is 0 Å². The first-order valence-corrected chi connectivity index (χ1v) is 6.34. The van der Waals surface area contributed by atoms with Crippen molar-refractivity contribution < 1.29 is 10.2 Å². The third-order valence-corrected chi connectivity index (χ3v) is 3.69. The fourth-order valence-corrected chi connectivity index (χ4v) is 2.75. The monoisotopic (exact) mass is 264 g/mol. The number of aromatic amines is 2. The van der Waals surface area contributed by atoms with Gasteiger partial charge in [0.05, 0.1) is 11.0 Å². The van der Waals surface area contributed by atoms with E-state index in [2.05, 4.69) is 9.97 Å². The number of phenols is 2. The van der Waals surface area contributed by atoms with Gasteiger partial charge in [0.1, 0.15) is 11.5 Å². The van der Waals surface area contributed by atoms with E-state index in [4.69, 9.17) is 0 Å². The number of fused-ring (bicyclic) bond motifs is 2. The number of benzene rings is 2. The van der Waals surface area contributed by atoms with Crippen LogP contribution >= 0.6 is 0 Å². The maximum Gasteiger partial charge on any atom is 0.139 e. The first-order chi connectivity index (χ1) is 9.75. The molecule has 4 aromatic rings. The van der Waals surface area contributed by atoms with Crippen molar-refractivity contribution >= 4 is 21.8 Å². The van der Waals surface area contributed by atoms with Crippen molar-refractivity contribution in [3.63, 3.8) is 0 Å². The molecule has 4 N–H and O–H groups in total. The fourth-order valence-electron chi connectivity index (χ4n) is 2.75. The van der Waals surface area contributed by atoms with Crippen LogP contribution in [0.15, 0.2) is 48.8 Å². The molecule has 4 nitrogen and oxygen atoms in total. The molecule has 0 fully saturated rings. The molecule has 0 atom stereocenters. The van der Waals surface area contributed by atoms with Gasteiger partial charge in [-0.25, -0.2) is 0 Å². The minimum atomic E-state index is 0.234. The van der Waals surface area contributed by atoms with Crippen molar-refractivity contribution in [1.82, 2.24) is 9.97 Å². The van der Waals surface area contributed by atoms with Gasteiger partial charge in [-0.2, -0.15) is 0 Å². The number of nitrogens with one attached hydrogen (secondary N) is 2. The number of aromatic nitrogens is 2. The quantitative estimate of drug-likeness (QED) is 0.423. The molecule has 0 aliphatic carbocycles. The van der Waals surface area contributed by atoms with E-state index in [1.807, 2.05) is 36.7 Å². The predicted octanol–water partition coefficient (Wildman–Crippen LogP) is 3.73. The Labute approximate surface area is 114 Å². The third-order valence-electron chi connectivity index (χ3n) is 3.69. The topological polar surface area (TPSA) is 72.0 Å². The summed E-state index contributed by atoms with van der Waals surface area (Å²) in [4.78, 5) is 6.09. The van der Waals surface area contributed by atoms with Gasteiger partial charge in [-0.3, -0.25) is 0 Å².